The van der Waals surface area contributed by atoms with Crippen molar-refractivity contribution in [2.24, 2.45) is 0 Å². The minimum atomic E-state index is -4.15. The lowest BCUT2D eigenvalue weighted by Gasteiger charge is -2.23. The van der Waals surface area contributed by atoms with Gasteiger partial charge in [-0.15, -0.1) is 0 Å². The van der Waals surface area contributed by atoms with Gasteiger partial charge in [0.1, 0.15) is 0 Å². The van der Waals surface area contributed by atoms with Crippen LogP contribution in [0, 0.1) is 24.4 Å². The van der Waals surface area contributed by atoms with Crippen LogP contribution in [0.4, 0.5) is 18.9 Å². The lowest BCUT2D eigenvalue weighted by Crippen LogP contribution is -2.39. The third-order valence-electron chi connectivity index (χ3n) is 4.40. The molecule has 0 fully saturated rings. The van der Waals surface area contributed by atoms with E-state index in [0.717, 1.165) is 10.4 Å². The number of anilines is 1. The molecular formula is C20H23F3N2O5S. The normalized spacial score (nSPS) is 11.5. The number of methoxy groups -OCH3 is 2. The number of carbonyl (C=O) groups is 1. The Morgan fingerprint density at radius 1 is 1.06 bits per heavy atom. The highest BCUT2D eigenvalue weighted by molar-refractivity contribution is 7.89. The number of nitrogens with one attached hydrogen (secondary N) is 1. The summed E-state index contributed by atoms with van der Waals surface area (Å²) >= 11 is 0. The molecule has 0 bridgehead atoms. The van der Waals surface area contributed by atoms with Gasteiger partial charge in [-0.25, -0.2) is 21.6 Å². The Morgan fingerprint density at radius 3 is 2.26 bits per heavy atom. The van der Waals surface area contributed by atoms with E-state index in [4.69, 9.17) is 9.47 Å². The fourth-order valence-electron chi connectivity index (χ4n) is 2.88. The van der Waals surface area contributed by atoms with Crippen molar-refractivity contribution in [3.05, 3.63) is 47.3 Å². The van der Waals surface area contributed by atoms with E-state index in [9.17, 15) is 26.4 Å². The highest BCUT2D eigenvalue weighted by atomic mass is 32.2. The fourth-order valence-corrected chi connectivity index (χ4v) is 4.60. The monoisotopic (exact) mass is 460 g/mol. The number of amides is 1. The second-order valence-electron chi connectivity index (χ2n) is 6.58. The molecule has 0 aliphatic heterocycles. The third-order valence-corrected chi connectivity index (χ3v) is 6.39. The Hall–Kier alpha value is -2.79. The number of hydrogen-bond acceptors (Lipinski definition) is 5. The highest BCUT2D eigenvalue weighted by Crippen LogP contribution is 2.33. The topological polar surface area (TPSA) is 84.9 Å². The molecule has 0 atom stereocenters. The molecule has 0 radical (unpaired) electrons. The fraction of sp³-hybridized carbons (Fsp3) is 0.350. The first-order valence-electron chi connectivity index (χ1n) is 9.22. The zero-order chi connectivity index (χ0) is 23.3. The smallest absolute Gasteiger partial charge is 0.243 e. The molecule has 0 aliphatic rings. The van der Waals surface area contributed by atoms with Gasteiger partial charge in [-0.2, -0.15) is 4.31 Å². The van der Waals surface area contributed by atoms with Crippen LogP contribution in [-0.4, -0.2) is 45.9 Å². The molecular weight excluding hydrogens is 437 g/mol. The zero-order valence-corrected chi connectivity index (χ0v) is 18.3. The number of rotatable bonds is 9. The van der Waals surface area contributed by atoms with Crippen LogP contribution in [0.15, 0.2) is 29.2 Å². The number of ether oxygens (including phenoxy) is 2. The van der Waals surface area contributed by atoms with Crippen molar-refractivity contribution in [2.45, 2.75) is 25.2 Å². The van der Waals surface area contributed by atoms with Gasteiger partial charge in [0, 0.05) is 12.6 Å². The van der Waals surface area contributed by atoms with Gasteiger partial charge in [-0.1, -0.05) is 6.92 Å². The second kappa shape index (κ2) is 10.0. The van der Waals surface area contributed by atoms with Gasteiger partial charge in [0.05, 0.1) is 31.3 Å². The van der Waals surface area contributed by atoms with E-state index in [1.807, 2.05) is 0 Å². The van der Waals surface area contributed by atoms with Crippen molar-refractivity contribution >= 4 is 21.6 Å². The quantitative estimate of drug-likeness (QED) is 0.580. The molecule has 0 unspecified atom stereocenters. The number of halogens is 3. The summed E-state index contributed by atoms with van der Waals surface area (Å²) in [6.07, 6.45) is 0.387. The van der Waals surface area contributed by atoms with Crippen molar-refractivity contribution in [1.82, 2.24) is 4.31 Å². The van der Waals surface area contributed by atoms with Crippen LogP contribution in [0.5, 0.6) is 11.5 Å². The molecule has 2 rings (SSSR count). The first kappa shape index (κ1) is 24.5. The Bertz CT molecular complexity index is 1080. The maximum absolute atomic E-state index is 13.8. The summed E-state index contributed by atoms with van der Waals surface area (Å²) < 4.78 is 78.0. The van der Waals surface area contributed by atoms with E-state index in [1.54, 1.807) is 13.8 Å². The maximum Gasteiger partial charge on any atom is 0.243 e. The molecule has 0 spiro atoms. The molecule has 11 heteroatoms. The van der Waals surface area contributed by atoms with E-state index in [-0.39, 0.29) is 17.2 Å². The van der Waals surface area contributed by atoms with Gasteiger partial charge in [-0.3, -0.25) is 4.79 Å². The molecule has 0 aliphatic carbocycles. The zero-order valence-electron chi connectivity index (χ0n) is 17.5. The average molecular weight is 460 g/mol. The average Bonchev–Trinajstić information content (AvgIpc) is 2.73. The van der Waals surface area contributed by atoms with E-state index in [2.05, 4.69) is 5.32 Å². The van der Waals surface area contributed by atoms with E-state index in [1.165, 1.54) is 26.4 Å². The van der Waals surface area contributed by atoms with Crippen LogP contribution in [0.25, 0.3) is 0 Å². The number of benzene rings is 2. The van der Waals surface area contributed by atoms with Crippen LogP contribution in [-0.2, 0) is 14.8 Å². The number of carbonyl (C=O) groups excluding carboxylic acids is 1. The van der Waals surface area contributed by atoms with Crippen LogP contribution in [0.3, 0.4) is 0 Å². The van der Waals surface area contributed by atoms with Gasteiger partial charge in [0.25, 0.3) is 0 Å². The minimum Gasteiger partial charge on any atom is -0.493 e. The number of aryl methyl sites for hydroxylation is 1. The van der Waals surface area contributed by atoms with Gasteiger partial charge >= 0.3 is 0 Å². The van der Waals surface area contributed by atoms with Crippen LogP contribution >= 0.6 is 0 Å². The SMILES string of the molecule is CCCN(CC(=O)Nc1ccc(F)c(F)c1F)S(=O)(=O)c1cc(OC)c(OC)cc1C. The van der Waals surface area contributed by atoms with Crippen LogP contribution in [0.2, 0.25) is 0 Å². The Morgan fingerprint density at radius 2 is 1.68 bits per heavy atom. The summed E-state index contributed by atoms with van der Waals surface area (Å²) in [6.45, 7) is 2.61. The highest BCUT2D eigenvalue weighted by Gasteiger charge is 2.29. The van der Waals surface area contributed by atoms with Gasteiger partial charge < -0.3 is 14.8 Å². The first-order chi connectivity index (χ1) is 14.6. The molecule has 0 saturated heterocycles. The summed E-state index contributed by atoms with van der Waals surface area (Å²) in [4.78, 5) is 12.3. The largest absolute Gasteiger partial charge is 0.493 e. The van der Waals surface area contributed by atoms with Crippen molar-refractivity contribution in [3.8, 4) is 11.5 Å². The molecule has 1 amide bonds. The minimum absolute atomic E-state index is 0.0101. The molecule has 0 aromatic heterocycles. The predicted molar refractivity (Wildman–Crippen MR) is 108 cm³/mol. The molecule has 1 N–H and O–H groups in total. The molecule has 0 saturated carbocycles. The van der Waals surface area contributed by atoms with Crippen molar-refractivity contribution in [3.63, 3.8) is 0 Å². The van der Waals surface area contributed by atoms with Crippen LogP contribution in [0.1, 0.15) is 18.9 Å². The van der Waals surface area contributed by atoms with E-state index in [0.29, 0.717) is 23.8 Å². The Balaban J connectivity index is 2.35. The summed E-state index contributed by atoms with van der Waals surface area (Å²) in [5.74, 6) is -5.11. The molecule has 31 heavy (non-hydrogen) atoms. The van der Waals surface area contributed by atoms with Gasteiger partial charge in [0.15, 0.2) is 29.0 Å². The number of hydrogen-bond donors (Lipinski definition) is 1. The lowest BCUT2D eigenvalue weighted by molar-refractivity contribution is -0.116. The Labute approximate surface area is 178 Å². The standard InChI is InChI=1S/C20H23F3N2O5S/c1-5-8-25(11-18(26)24-14-7-6-13(21)19(22)20(14)23)31(27,28)17-10-16(30-4)15(29-3)9-12(17)2/h6-7,9-10H,5,8,11H2,1-4H3,(H,24,26). The van der Waals surface area contributed by atoms with Gasteiger partial charge in [-0.05, 0) is 37.1 Å². The predicted octanol–water partition coefficient (Wildman–Crippen LogP) is 3.47. The van der Waals surface area contributed by atoms with E-state index < -0.39 is 45.6 Å². The van der Waals surface area contributed by atoms with Crippen molar-refractivity contribution in [1.29, 1.82) is 0 Å². The van der Waals surface area contributed by atoms with Crippen molar-refractivity contribution in [2.75, 3.05) is 32.6 Å². The summed E-state index contributed by atoms with van der Waals surface area (Å²) in [6, 6.07) is 4.29. The summed E-state index contributed by atoms with van der Waals surface area (Å²) in [7, 11) is -1.38. The Kier molecular flexibility index (Phi) is 7.91. The molecule has 2 aromatic carbocycles. The van der Waals surface area contributed by atoms with Crippen LogP contribution < -0.4 is 14.8 Å². The third kappa shape index (κ3) is 5.28. The number of nitrogens with zero attached hydrogens (tertiary/aromatic N) is 1. The molecule has 0 heterocycles. The second-order valence-corrected chi connectivity index (χ2v) is 8.49. The van der Waals surface area contributed by atoms with E-state index >= 15 is 0 Å². The van der Waals surface area contributed by atoms with Gasteiger partial charge in [0.2, 0.25) is 15.9 Å². The van der Waals surface area contributed by atoms with Crippen molar-refractivity contribution < 1.29 is 35.9 Å². The molecule has 7 nitrogen and oxygen atoms in total. The number of sulfonamides is 1. The molecule has 170 valence electrons. The maximum atomic E-state index is 13.8. The summed E-state index contributed by atoms with van der Waals surface area (Å²) in [5.41, 5.74) is -0.231. The summed E-state index contributed by atoms with van der Waals surface area (Å²) in [5, 5.41) is 2.07. The first-order valence-corrected chi connectivity index (χ1v) is 10.7. The lowest BCUT2D eigenvalue weighted by atomic mass is 10.2. The molecule has 2 aromatic rings.